The summed E-state index contributed by atoms with van der Waals surface area (Å²) in [7, 11) is 5.41. The Morgan fingerprint density at radius 1 is 1.22 bits per heavy atom. The van der Waals surface area contributed by atoms with Crippen molar-refractivity contribution in [2.24, 2.45) is 0 Å². The lowest BCUT2D eigenvalue weighted by molar-refractivity contribution is -0.0892. The summed E-state index contributed by atoms with van der Waals surface area (Å²) in [6, 6.07) is 6.58. The smallest absolute Gasteiger partial charge is 0.408 e. The number of nitrogens with zero attached hydrogens (tertiary/aromatic N) is 2. The molecule has 27 heavy (non-hydrogen) atoms. The van der Waals surface area contributed by atoms with Gasteiger partial charge < -0.3 is 19.9 Å². The summed E-state index contributed by atoms with van der Waals surface area (Å²) in [4.78, 5) is 4.26. The molecular formula is C20H32F2N3OP. The lowest BCUT2D eigenvalue weighted by Crippen LogP contribution is -2.21. The summed E-state index contributed by atoms with van der Waals surface area (Å²) in [6.07, 6.45) is 6.26. The molecule has 0 aliphatic rings. The van der Waals surface area contributed by atoms with Crippen molar-refractivity contribution in [3.05, 3.63) is 47.9 Å². The van der Waals surface area contributed by atoms with Crippen LogP contribution in [-0.4, -0.2) is 37.9 Å². The zero-order valence-electron chi connectivity index (χ0n) is 16.9. The van der Waals surface area contributed by atoms with Crippen molar-refractivity contribution in [1.82, 2.24) is 10.2 Å². The van der Waals surface area contributed by atoms with Crippen molar-refractivity contribution in [3.8, 4) is 5.75 Å². The maximum Gasteiger partial charge on any atom is 0.408 e. The monoisotopic (exact) mass is 399 g/mol. The summed E-state index contributed by atoms with van der Waals surface area (Å²) in [5, 5.41) is 3.34. The molecule has 1 unspecified atom stereocenters. The second-order valence-corrected chi connectivity index (χ2v) is 7.05. The Morgan fingerprint density at radius 2 is 1.85 bits per heavy atom. The van der Waals surface area contributed by atoms with Crippen molar-refractivity contribution >= 4 is 14.9 Å². The van der Waals surface area contributed by atoms with Gasteiger partial charge in [-0.1, -0.05) is 13.8 Å². The minimum Gasteiger partial charge on any atom is -0.430 e. The number of halogens is 2. The van der Waals surface area contributed by atoms with E-state index >= 15 is 0 Å². The SMILES string of the molecule is CCCN(C)/C(=C/NC/C=C(/C)N(C)c1ccc(OC(F)(F)P)cc1)CC. The molecule has 1 aromatic rings. The fourth-order valence-corrected chi connectivity index (χ4v) is 2.72. The molecule has 0 radical (unpaired) electrons. The minimum atomic E-state index is -3.26. The summed E-state index contributed by atoms with van der Waals surface area (Å²) >= 11 is 0. The predicted octanol–water partition coefficient (Wildman–Crippen LogP) is 5.01. The number of hydrogen-bond donors (Lipinski definition) is 1. The normalized spacial score (nSPS) is 12.7. The van der Waals surface area contributed by atoms with Crippen LogP contribution in [0.25, 0.3) is 0 Å². The van der Waals surface area contributed by atoms with E-state index in [9.17, 15) is 8.78 Å². The highest BCUT2D eigenvalue weighted by Gasteiger charge is 2.23. The van der Waals surface area contributed by atoms with Gasteiger partial charge in [-0.05, 0) is 59.3 Å². The second kappa shape index (κ2) is 11.1. The highest BCUT2D eigenvalue weighted by atomic mass is 31.0. The first-order valence-electron chi connectivity index (χ1n) is 9.17. The Labute approximate surface area is 164 Å². The molecule has 1 atom stereocenters. The van der Waals surface area contributed by atoms with Gasteiger partial charge in [0.1, 0.15) is 5.75 Å². The molecule has 152 valence electrons. The molecule has 0 aliphatic carbocycles. The van der Waals surface area contributed by atoms with E-state index in [1.165, 1.54) is 27.1 Å². The maximum atomic E-state index is 12.9. The van der Waals surface area contributed by atoms with Gasteiger partial charge in [0.05, 0.1) is 0 Å². The number of anilines is 1. The maximum absolute atomic E-state index is 12.9. The summed E-state index contributed by atoms with van der Waals surface area (Å²) in [5.74, 6) is -3.13. The Hall–Kier alpha value is -1.81. The molecule has 0 spiro atoms. The van der Waals surface area contributed by atoms with E-state index in [-0.39, 0.29) is 5.75 Å². The van der Waals surface area contributed by atoms with Crippen molar-refractivity contribution in [3.63, 3.8) is 0 Å². The van der Waals surface area contributed by atoms with Crippen LogP contribution in [0.1, 0.15) is 33.6 Å². The number of rotatable bonds is 11. The molecule has 0 amide bonds. The van der Waals surface area contributed by atoms with Crippen LogP contribution in [0, 0.1) is 0 Å². The number of allylic oxidation sites excluding steroid dienone is 2. The first-order chi connectivity index (χ1) is 12.7. The first-order valence-corrected chi connectivity index (χ1v) is 9.75. The highest BCUT2D eigenvalue weighted by molar-refractivity contribution is 7.17. The van der Waals surface area contributed by atoms with E-state index in [1.54, 1.807) is 12.1 Å². The standard InChI is InChI=1S/C20H32F2N3OP/c1-6-14-24(4)17(7-2)15-23-13-12-16(3)25(5)18-8-10-19(11-9-18)26-20(21,22)27/h8-12,15,23H,6-7,13-14,27H2,1-5H3/b16-12-,17-15+. The van der Waals surface area contributed by atoms with Gasteiger partial charge in [0.2, 0.25) is 0 Å². The van der Waals surface area contributed by atoms with Crippen molar-refractivity contribution in [1.29, 1.82) is 0 Å². The molecule has 0 saturated heterocycles. The number of alkyl halides is 2. The lowest BCUT2D eigenvalue weighted by Gasteiger charge is -2.22. The predicted molar refractivity (Wildman–Crippen MR) is 113 cm³/mol. The van der Waals surface area contributed by atoms with Gasteiger partial charge in [-0.2, -0.15) is 8.78 Å². The van der Waals surface area contributed by atoms with E-state index in [1.807, 2.05) is 18.9 Å². The van der Waals surface area contributed by atoms with Crippen molar-refractivity contribution in [2.45, 2.75) is 39.5 Å². The van der Waals surface area contributed by atoms with Crippen LogP contribution >= 0.6 is 9.24 Å². The van der Waals surface area contributed by atoms with Gasteiger partial charge in [-0.25, -0.2) is 0 Å². The first kappa shape index (κ1) is 23.2. The molecule has 7 heteroatoms. The zero-order valence-corrected chi connectivity index (χ0v) is 18.1. The third kappa shape index (κ3) is 8.61. The molecule has 4 nitrogen and oxygen atoms in total. The molecule has 0 fully saturated rings. The van der Waals surface area contributed by atoms with Crippen LogP contribution in [0.2, 0.25) is 0 Å². The molecule has 1 rings (SSSR count). The van der Waals surface area contributed by atoms with Crippen LogP contribution in [0.5, 0.6) is 5.75 Å². The third-order valence-electron chi connectivity index (χ3n) is 4.20. The van der Waals surface area contributed by atoms with Crippen LogP contribution in [0.3, 0.4) is 0 Å². The summed E-state index contributed by atoms with van der Waals surface area (Å²) in [5.41, 5.74) is 3.23. The fraction of sp³-hybridized carbons (Fsp3) is 0.500. The van der Waals surface area contributed by atoms with Gasteiger partial charge >= 0.3 is 5.85 Å². The molecule has 1 N–H and O–H groups in total. The largest absolute Gasteiger partial charge is 0.430 e. The van der Waals surface area contributed by atoms with Gasteiger partial charge in [-0.15, -0.1) is 0 Å². The van der Waals surface area contributed by atoms with Crippen LogP contribution in [0.4, 0.5) is 14.5 Å². The quantitative estimate of drug-likeness (QED) is 0.418. The Morgan fingerprint density at radius 3 is 2.37 bits per heavy atom. The van der Waals surface area contributed by atoms with E-state index in [2.05, 4.69) is 48.1 Å². The third-order valence-corrected chi connectivity index (χ3v) is 4.32. The van der Waals surface area contributed by atoms with Crippen LogP contribution < -0.4 is 15.0 Å². The molecule has 1 aromatic carbocycles. The topological polar surface area (TPSA) is 27.7 Å². The van der Waals surface area contributed by atoms with Crippen molar-refractivity contribution < 1.29 is 13.5 Å². The van der Waals surface area contributed by atoms with Gasteiger partial charge in [0.15, 0.2) is 0 Å². The van der Waals surface area contributed by atoms with E-state index in [4.69, 9.17) is 0 Å². The van der Waals surface area contributed by atoms with E-state index in [0.29, 0.717) is 6.54 Å². The Bertz CT molecular complexity index is 627. The number of hydrogen-bond acceptors (Lipinski definition) is 4. The lowest BCUT2D eigenvalue weighted by atomic mass is 10.2. The van der Waals surface area contributed by atoms with Gasteiger partial charge in [0.25, 0.3) is 0 Å². The average molecular weight is 399 g/mol. The molecule has 0 aromatic heterocycles. The second-order valence-electron chi connectivity index (χ2n) is 6.38. The van der Waals surface area contributed by atoms with Gasteiger partial charge in [-0.3, -0.25) is 0 Å². The fourth-order valence-electron chi connectivity index (χ4n) is 2.58. The van der Waals surface area contributed by atoms with Crippen LogP contribution in [0.15, 0.2) is 47.9 Å². The summed E-state index contributed by atoms with van der Waals surface area (Å²) < 4.78 is 30.2. The summed E-state index contributed by atoms with van der Waals surface area (Å²) in [6.45, 7) is 8.08. The number of nitrogens with one attached hydrogen (secondary N) is 1. The average Bonchev–Trinajstić information content (AvgIpc) is 2.60. The van der Waals surface area contributed by atoms with Crippen molar-refractivity contribution in [2.75, 3.05) is 32.1 Å². The molecule has 0 bridgehead atoms. The van der Waals surface area contributed by atoms with Gasteiger partial charge in [0, 0.05) is 50.5 Å². The molecular weight excluding hydrogens is 367 g/mol. The van der Waals surface area contributed by atoms with E-state index < -0.39 is 5.85 Å². The zero-order chi connectivity index (χ0) is 20.4. The molecule has 0 saturated carbocycles. The molecule has 0 aliphatic heterocycles. The number of benzene rings is 1. The number of ether oxygens (including phenoxy) is 1. The minimum absolute atomic E-state index is 0.129. The van der Waals surface area contributed by atoms with E-state index in [0.717, 1.165) is 30.8 Å². The van der Waals surface area contributed by atoms with Crippen LogP contribution in [-0.2, 0) is 0 Å². The highest BCUT2D eigenvalue weighted by Crippen LogP contribution is 2.28. The molecule has 0 heterocycles. The Balaban J connectivity index is 2.63. The Kier molecular flexibility index (Phi) is 9.57.